The Bertz CT molecular complexity index is 1060. The number of benzene rings is 2. The van der Waals surface area contributed by atoms with Crippen LogP contribution in [0.2, 0.25) is 0 Å². The van der Waals surface area contributed by atoms with Gasteiger partial charge in [-0.1, -0.05) is 42.5 Å². The predicted molar refractivity (Wildman–Crippen MR) is 92.8 cm³/mol. The first-order chi connectivity index (χ1) is 11.3. The molecule has 0 amide bonds. The molecule has 0 saturated carbocycles. The summed E-state index contributed by atoms with van der Waals surface area (Å²) in [5.74, 6) is -1.30. The van der Waals surface area contributed by atoms with E-state index in [1.807, 2.05) is 6.92 Å². The number of carboxylic acid groups (broad SMARTS) is 1. The fraction of sp³-hybridized carbons (Fsp3) is 0.0556. The molecule has 0 bridgehead atoms. The van der Waals surface area contributed by atoms with Gasteiger partial charge in [0, 0.05) is 5.39 Å². The molecule has 0 atom stereocenters. The summed E-state index contributed by atoms with van der Waals surface area (Å²) in [7, 11) is -4.04. The van der Waals surface area contributed by atoms with E-state index < -0.39 is 16.0 Å². The highest BCUT2D eigenvalue weighted by atomic mass is 32.2. The third-order valence-corrected chi connectivity index (χ3v) is 5.54. The van der Waals surface area contributed by atoms with E-state index in [-0.39, 0.29) is 10.6 Å². The van der Waals surface area contributed by atoms with Crippen molar-refractivity contribution in [2.45, 2.75) is 11.8 Å². The first kappa shape index (κ1) is 16.0. The summed E-state index contributed by atoms with van der Waals surface area (Å²) in [6.45, 7) is 5.51. The number of nitrogens with zero attached hydrogens (tertiary/aromatic N) is 1. The monoisotopic (exact) mass is 341 g/mol. The second kappa shape index (κ2) is 5.65. The van der Waals surface area contributed by atoms with Crippen LogP contribution in [0.1, 0.15) is 21.6 Å². The van der Waals surface area contributed by atoms with Gasteiger partial charge in [-0.15, -0.1) is 0 Å². The van der Waals surface area contributed by atoms with Crippen LogP contribution < -0.4 is 0 Å². The normalized spacial score (nSPS) is 11.5. The number of hydrogen-bond donors (Lipinski definition) is 1. The van der Waals surface area contributed by atoms with Crippen molar-refractivity contribution in [2.24, 2.45) is 0 Å². The topological polar surface area (TPSA) is 76.4 Å². The predicted octanol–water partition coefficient (Wildman–Crippen LogP) is 3.53. The van der Waals surface area contributed by atoms with Gasteiger partial charge in [0.2, 0.25) is 0 Å². The molecule has 0 unspecified atom stereocenters. The van der Waals surface area contributed by atoms with E-state index in [4.69, 9.17) is 0 Å². The summed E-state index contributed by atoms with van der Waals surface area (Å²) in [5, 5.41) is 9.98. The summed E-state index contributed by atoms with van der Waals surface area (Å²) in [5.41, 5.74) is 1.63. The Morgan fingerprint density at radius 3 is 2.38 bits per heavy atom. The molecule has 3 aromatic rings. The fourth-order valence-corrected chi connectivity index (χ4v) is 4.04. The van der Waals surface area contributed by atoms with Gasteiger partial charge < -0.3 is 5.11 Å². The third kappa shape index (κ3) is 2.51. The van der Waals surface area contributed by atoms with E-state index in [0.717, 1.165) is 9.54 Å². The van der Waals surface area contributed by atoms with Crippen LogP contribution in [-0.4, -0.2) is 23.5 Å². The Labute approximate surface area is 139 Å². The zero-order valence-corrected chi connectivity index (χ0v) is 13.7. The van der Waals surface area contributed by atoms with Gasteiger partial charge in [-0.2, -0.15) is 0 Å². The molecule has 0 radical (unpaired) electrons. The molecule has 6 heteroatoms. The van der Waals surface area contributed by atoms with Crippen LogP contribution in [-0.2, 0) is 10.0 Å². The summed E-state index contributed by atoms with van der Waals surface area (Å²) in [6, 6.07) is 12.7. The lowest BCUT2D eigenvalue weighted by Crippen LogP contribution is -2.18. The minimum absolute atomic E-state index is 0.0390. The largest absolute Gasteiger partial charge is 0.477 e. The molecule has 1 N–H and O–H groups in total. The summed E-state index contributed by atoms with van der Waals surface area (Å²) < 4.78 is 26.9. The molecule has 24 heavy (non-hydrogen) atoms. The molecule has 0 fully saturated rings. The number of aryl methyl sites for hydroxylation is 1. The van der Waals surface area contributed by atoms with E-state index in [1.165, 1.54) is 18.2 Å². The van der Waals surface area contributed by atoms with Gasteiger partial charge in [0.1, 0.15) is 5.69 Å². The standard InChI is InChI=1S/C18H15NO4S/c1-3-13-6-7-14-11-17(18(20)21)19(16(14)10-13)24(22,23)15-8-4-12(2)5-9-15/h3-11H,1H2,2H3,(H,20,21). The maximum absolute atomic E-state index is 13.0. The number of fused-ring (bicyclic) bond motifs is 1. The van der Waals surface area contributed by atoms with Crippen LogP contribution in [0.4, 0.5) is 0 Å². The van der Waals surface area contributed by atoms with Crippen LogP contribution in [0.15, 0.2) is 60.0 Å². The van der Waals surface area contributed by atoms with Crippen molar-refractivity contribution in [3.63, 3.8) is 0 Å². The van der Waals surface area contributed by atoms with Crippen molar-refractivity contribution in [1.29, 1.82) is 0 Å². The summed E-state index contributed by atoms with van der Waals surface area (Å²) in [4.78, 5) is 11.6. The molecule has 0 aliphatic heterocycles. The average molecular weight is 341 g/mol. The summed E-state index contributed by atoms with van der Waals surface area (Å²) in [6.07, 6.45) is 1.58. The van der Waals surface area contributed by atoms with Gasteiger partial charge in [0.05, 0.1) is 10.4 Å². The molecular weight excluding hydrogens is 326 g/mol. The van der Waals surface area contributed by atoms with Crippen LogP contribution in [0.25, 0.3) is 17.0 Å². The van der Waals surface area contributed by atoms with Crippen molar-refractivity contribution in [3.05, 3.63) is 71.9 Å². The molecule has 2 aromatic carbocycles. The SMILES string of the molecule is C=Cc1ccc2cc(C(=O)O)n(S(=O)(=O)c3ccc(C)cc3)c2c1. The number of aromatic carboxylic acids is 1. The molecule has 0 aliphatic carbocycles. The van der Waals surface area contributed by atoms with E-state index in [1.54, 1.807) is 36.4 Å². The highest BCUT2D eigenvalue weighted by molar-refractivity contribution is 7.90. The smallest absolute Gasteiger partial charge is 0.353 e. The van der Waals surface area contributed by atoms with E-state index in [9.17, 15) is 18.3 Å². The van der Waals surface area contributed by atoms with Crippen molar-refractivity contribution >= 4 is 33.0 Å². The molecule has 1 aromatic heterocycles. The van der Waals surface area contributed by atoms with E-state index >= 15 is 0 Å². The molecule has 3 rings (SSSR count). The number of rotatable bonds is 4. The Morgan fingerprint density at radius 1 is 1.12 bits per heavy atom. The molecule has 0 aliphatic rings. The molecule has 5 nitrogen and oxygen atoms in total. The number of carbonyl (C=O) groups is 1. The van der Waals surface area contributed by atoms with Crippen LogP contribution in [0, 0.1) is 6.92 Å². The van der Waals surface area contributed by atoms with Crippen molar-refractivity contribution in [3.8, 4) is 0 Å². The Balaban J connectivity index is 2.38. The van der Waals surface area contributed by atoms with Gasteiger partial charge in [-0.25, -0.2) is 17.2 Å². The van der Waals surface area contributed by atoms with Crippen LogP contribution >= 0.6 is 0 Å². The Kier molecular flexibility index (Phi) is 3.77. The Morgan fingerprint density at radius 2 is 1.79 bits per heavy atom. The van der Waals surface area contributed by atoms with Crippen LogP contribution in [0.3, 0.4) is 0 Å². The lowest BCUT2D eigenvalue weighted by Gasteiger charge is -2.10. The highest BCUT2D eigenvalue weighted by Crippen LogP contribution is 2.27. The molecule has 0 saturated heterocycles. The maximum Gasteiger partial charge on any atom is 0.353 e. The average Bonchev–Trinajstić information content (AvgIpc) is 2.94. The zero-order chi connectivity index (χ0) is 17.5. The van der Waals surface area contributed by atoms with Gasteiger partial charge in [0.15, 0.2) is 0 Å². The highest BCUT2D eigenvalue weighted by Gasteiger charge is 2.26. The number of carboxylic acids is 1. The van der Waals surface area contributed by atoms with Crippen molar-refractivity contribution in [2.75, 3.05) is 0 Å². The van der Waals surface area contributed by atoms with Crippen molar-refractivity contribution in [1.82, 2.24) is 3.97 Å². The second-order valence-corrected chi connectivity index (χ2v) is 7.23. The number of aromatic nitrogens is 1. The number of hydrogen-bond acceptors (Lipinski definition) is 3. The fourth-order valence-electron chi connectivity index (χ4n) is 2.54. The van der Waals surface area contributed by atoms with Crippen LogP contribution in [0.5, 0.6) is 0 Å². The van der Waals surface area contributed by atoms with Gasteiger partial charge in [0.25, 0.3) is 10.0 Å². The molecule has 1 heterocycles. The van der Waals surface area contributed by atoms with Gasteiger partial charge in [-0.05, 0) is 36.8 Å². The molecule has 0 spiro atoms. The van der Waals surface area contributed by atoms with E-state index in [2.05, 4.69) is 6.58 Å². The molecule has 122 valence electrons. The minimum Gasteiger partial charge on any atom is -0.477 e. The quantitative estimate of drug-likeness (QED) is 0.787. The lowest BCUT2D eigenvalue weighted by molar-refractivity contribution is 0.0689. The Hall–Kier alpha value is -2.86. The minimum atomic E-state index is -4.04. The zero-order valence-electron chi connectivity index (χ0n) is 12.9. The first-order valence-corrected chi connectivity index (χ1v) is 8.62. The second-order valence-electron chi connectivity index (χ2n) is 5.44. The third-order valence-electron chi connectivity index (χ3n) is 3.80. The summed E-state index contributed by atoms with van der Waals surface area (Å²) >= 11 is 0. The van der Waals surface area contributed by atoms with Gasteiger partial charge in [-0.3, -0.25) is 0 Å². The molecular formula is C18H15NO4S. The van der Waals surface area contributed by atoms with Gasteiger partial charge >= 0.3 is 5.97 Å². The first-order valence-electron chi connectivity index (χ1n) is 7.18. The van der Waals surface area contributed by atoms with Crippen molar-refractivity contribution < 1.29 is 18.3 Å². The lowest BCUT2D eigenvalue weighted by atomic mass is 10.1. The maximum atomic E-state index is 13.0. The van der Waals surface area contributed by atoms with E-state index in [0.29, 0.717) is 16.5 Å².